The molecule has 1 fully saturated rings. The number of carbonyl (C=O) groups excluding carboxylic acids is 1. The maximum Gasteiger partial charge on any atom is 0.260 e. The fourth-order valence-corrected chi connectivity index (χ4v) is 6.41. The Bertz CT molecular complexity index is 1390. The summed E-state index contributed by atoms with van der Waals surface area (Å²) in [5.74, 6) is 0.919. The second kappa shape index (κ2) is 12.4. The monoisotopic (exact) mass is 580 g/mol. The van der Waals surface area contributed by atoms with Crippen LogP contribution in [0.5, 0.6) is 11.5 Å². The van der Waals surface area contributed by atoms with Crippen molar-refractivity contribution in [3.05, 3.63) is 70.1 Å². The first-order valence-corrected chi connectivity index (χ1v) is 14.4. The van der Waals surface area contributed by atoms with E-state index in [-0.39, 0.29) is 16.9 Å². The fourth-order valence-electron chi connectivity index (χ4n) is 4.34. The zero-order chi connectivity index (χ0) is 27.3. The molecule has 2 heterocycles. The SMILES string of the molecule is COc1ccc(C(=O)NCC2CCN(S(=O)(=O)c3cncn3C)CC2)cc1OCCc1ccc(Cl)cc1Cl. The molecule has 1 N–H and O–H groups in total. The second-order valence-corrected chi connectivity index (χ2v) is 11.8. The average molecular weight is 582 g/mol. The van der Waals surface area contributed by atoms with Crippen molar-refractivity contribution in [3.8, 4) is 11.5 Å². The van der Waals surface area contributed by atoms with Gasteiger partial charge in [-0.1, -0.05) is 29.3 Å². The summed E-state index contributed by atoms with van der Waals surface area (Å²) in [7, 11) is -0.381. The predicted octanol–water partition coefficient (Wildman–Crippen LogP) is 4.19. The number of amides is 1. The first kappa shape index (κ1) is 28.2. The van der Waals surface area contributed by atoms with Crippen LogP contribution in [0.1, 0.15) is 28.8 Å². The molecular weight excluding hydrogens is 551 g/mol. The number of ether oxygens (including phenoxy) is 2. The zero-order valence-corrected chi connectivity index (χ0v) is 23.5. The number of hydrogen-bond acceptors (Lipinski definition) is 6. The van der Waals surface area contributed by atoms with Gasteiger partial charge in [0.05, 0.1) is 26.2 Å². The number of piperidine rings is 1. The number of methoxy groups -OCH3 is 1. The van der Waals surface area contributed by atoms with Crippen molar-refractivity contribution in [3.63, 3.8) is 0 Å². The van der Waals surface area contributed by atoms with Gasteiger partial charge >= 0.3 is 0 Å². The Labute approximate surface area is 232 Å². The van der Waals surface area contributed by atoms with Gasteiger partial charge in [-0.3, -0.25) is 4.79 Å². The van der Waals surface area contributed by atoms with Crippen LogP contribution in [0.25, 0.3) is 0 Å². The molecular formula is C26H30Cl2N4O5S. The maximum atomic E-state index is 12.9. The Morgan fingerprint density at radius 1 is 1.13 bits per heavy atom. The van der Waals surface area contributed by atoms with Crippen molar-refractivity contribution in [1.82, 2.24) is 19.2 Å². The van der Waals surface area contributed by atoms with E-state index in [0.717, 1.165) is 5.56 Å². The smallest absolute Gasteiger partial charge is 0.260 e. The lowest BCUT2D eigenvalue weighted by Gasteiger charge is -2.31. The van der Waals surface area contributed by atoms with Gasteiger partial charge in [0.2, 0.25) is 0 Å². The summed E-state index contributed by atoms with van der Waals surface area (Å²) in [4.78, 5) is 16.8. The van der Waals surface area contributed by atoms with Crippen LogP contribution in [0.15, 0.2) is 53.9 Å². The van der Waals surface area contributed by atoms with Crippen LogP contribution in [0.3, 0.4) is 0 Å². The molecule has 1 aromatic heterocycles. The number of hydrogen-bond donors (Lipinski definition) is 1. The summed E-state index contributed by atoms with van der Waals surface area (Å²) < 4.78 is 40.0. The molecule has 0 radical (unpaired) electrons. The van der Waals surface area contributed by atoms with Gasteiger partial charge in [-0.05, 0) is 54.7 Å². The van der Waals surface area contributed by atoms with Crippen molar-refractivity contribution in [2.45, 2.75) is 24.3 Å². The number of benzene rings is 2. The van der Waals surface area contributed by atoms with Crippen molar-refractivity contribution < 1.29 is 22.7 Å². The first-order valence-electron chi connectivity index (χ1n) is 12.2. The van der Waals surface area contributed by atoms with Crippen LogP contribution in [0.2, 0.25) is 10.0 Å². The van der Waals surface area contributed by atoms with E-state index in [1.165, 1.54) is 21.4 Å². The van der Waals surface area contributed by atoms with Crippen molar-refractivity contribution in [2.75, 3.05) is 33.4 Å². The summed E-state index contributed by atoms with van der Waals surface area (Å²) in [5.41, 5.74) is 1.35. The summed E-state index contributed by atoms with van der Waals surface area (Å²) >= 11 is 12.2. The van der Waals surface area contributed by atoms with E-state index in [4.69, 9.17) is 32.7 Å². The molecule has 0 atom stereocenters. The predicted molar refractivity (Wildman–Crippen MR) is 146 cm³/mol. The fraction of sp³-hybridized carbons (Fsp3) is 0.385. The average Bonchev–Trinajstić information content (AvgIpc) is 3.35. The highest BCUT2D eigenvalue weighted by molar-refractivity contribution is 7.89. The topological polar surface area (TPSA) is 103 Å². The third-order valence-corrected chi connectivity index (χ3v) is 9.13. The summed E-state index contributed by atoms with van der Waals surface area (Å²) in [6.07, 6.45) is 4.70. The molecule has 204 valence electrons. The molecule has 0 spiro atoms. The van der Waals surface area contributed by atoms with E-state index in [2.05, 4.69) is 10.3 Å². The van der Waals surface area contributed by atoms with Gasteiger partial charge in [0.25, 0.3) is 15.9 Å². The largest absolute Gasteiger partial charge is 0.493 e. The molecule has 0 unspecified atom stereocenters. The quantitative estimate of drug-likeness (QED) is 0.386. The van der Waals surface area contributed by atoms with Crippen molar-refractivity contribution in [1.29, 1.82) is 0 Å². The standard InChI is InChI=1S/C26H30Cl2N4O5S/c1-31-17-29-16-25(31)38(34,35)32-10-7-18(8-11-32)15-30-26(33)20-4-6-23(36-2)24(13-20)37-12-9-19-3-5-21(27)14-22(19)28/h3-6,13-14,16-18H,7-12,15H2,1-2H3,(H,30,33). The van der Waals surface area contributed by atoms with Gasteiger partial charge in [-0.2, -0.15) is 4.31 Å². The maximum absolute atomic E-state index is 12.9. The van der Waals surface area contributed by atoms with Gasteiger partial charge in [0, 0.05) is 48.7 Å². The number of nitrogens with one attached hydrogen (secondary N) is 1. The molecule has 9 nitrogen and oxygen atoms in total. The number of carbonyl (C=O) groups is 1. The second-order valence-electron chi connectivity index (χ2n) is 9.10. The van der Waals surface area contributed by atoms with Crippen LogP contribution < -0.4 is 14.8 Å². The van der Waals surface area contributed by atoms with E-state index in [9.17, 15) is 13.2 Å². The number of rotatable bonds is 10. The molecule has 12 heteroatoms. The number of sulfonamides is 1. The van der Waals surface area contributed by atoms with Gasteiger partial charge < -0.3 is 19.4 Å². The van der Waals surface area contributed by atoms with E-state index < -0.39 is 10.0 Å². The molecule has 1 aliphatic heterocycles. The van der Waals surface area contributed by atoms with Crippen molar-refractivity contribution in [2.24, 2.45) is 13.0 Å². The summed E-state index contributed by atoms with van der Waals surface area (Å²) in [6, 6.07) is 10.3. The Morgan fingerprint density at radius 2 is 1.89 bits per heavy atom. The Morgan fingerprint density at radius 3 is 2.55 bits per heavy atom. The minimum atomic E-state index is -3.58. The Balaban J connectivity index is 1.30. The first-order chi connectivity index (χ1) is 18.2. The third-order valence-electron chi connectivity index (χ3n) is 6.57. The van der Waals surface area contributed by atoms with Gasteiger partial charge in [-0.25, -0.2) is 13.4 Å². The van der Waals surface area contributed by atoms with Crippen molar-refractivity contribution >= 4 is 39.1 Å². The van der Waals surface area contributed by atoms with Crippen LogP contribution in [0.4, 0.5) is 0 Å². The number of aromatic nitrogens is 2. The Hall–Kier alpha value is -2.79. The van der Waals surface area contributed by atoms with Gasteiger partial charge in [-0.15, -0.1) is 0 Å². The molecule has 1 amide bonds. The van der Waals surface area contributed by atoms with Gasteiger partial charge in [0.1, 0.15) is 0 Å². The van der Waals surface area contributed by atoms with Gasteiger partial charge in [0.15, 0.2) is 16.5 Å². The van der Waals surface area contributed by atoms with Crippen LogP contribution in [-0.2, 0) is 23.5 Å². The number of halogens is 2. The highest BCUT2D eigenvalue weighted by Gasteiger charge is 2.31. The lowest BCUT2D eigenvalue weighted by molar-refractivity contribution is 0.0941. The van der Waals surface area contributed by atoms with E-state index in [0.29, 0.717) is 72.6 Å². The molecule has 1 aliphatic rings. The molecule has 0 saturated carbocycles. The summed E-state index contributed by atoms with van der Waals surface area (Å²) in [5, 5.41) is 4.29. The number of nitrogens with zero attached hydrogens (tertiary/aromatic N) is 3. The molecule has 0 aliphatic carbocycles. The third kappa shape index (κ3) is 6.61. The molecule has 1 saturated heterocycles. The minimum absolute atomic E-state index is 0.176. The Kier molecular flexibility index (Phi) is 9.19. The highest BCUT2D eigenvalue weighted by atomic mass is 35.5. The molecule has 38 heavy (non-hydrogen) atoms. The van der Waals surface area contributed by atoms with E-state index >= 15 is 0 Å². The zero-order valence-electron chi connectivity index (χ0n) is 21.2. The lowest BCUT2D eigenvalue weighted by Crippen LogP contribution is -2.41. The van der Waals surface area contributed by atoms with Crippen LogP contribution in [-0.4, -0.2) is 61.5 Å². The van der Waals surface area contributed by atoms with E-state index in [1.807, 2.05) is 6.07 Å². The molecule has 2 aromatic carbocycles. The number of imidazole rings is 1. The van der Waals surface area contributed by atoms with E-state index in [1.54, 1.807) is 44.5 Å². The molecule has 3 aromatic rings. The van der Waals surface area contributed by atoms with Crippen LogP contribution in [0, 0.1) is 5.92 Å². The van der Waals surface area contributed by atoms with Crippen LogP contribution >= 0.6 is 23.2 Å². The summed E-state index contributed by atoms with van der Waals surface area (Å²) in [6.45, 7) is 1.58. The normalized spacial score (nSPS) is 14.8. The molecule has 4 rings (SSSR count). The lowest BCUT2D eigenvalue weighted by atomic mass is 9.98. The number of aryl methyl sites for hydroxylation is 1. The highest BCUT2D eigenvalue weighted by Crippen LogP contribution is 2.29. The minimum Gasteiger partial charge on any atom is -0.493 e. The molecule has 0 bridgehead atoms.